The van der Waals surface area contributed by atoms with Crippen LogP contribution < -0.4 is 5.32 Å². The van der Waals surface area contributed by atoms with E-state index >= 15 is 0 Å². The lowest BCUT2D eigenvalue weighted by molar-refractivity contribution is 0.0525. The Morgan fingerprint density at radius 3 is 2.40 bits per heavy atom. The van der Waals surface area contributed by atoms with E-state index in [0.29, 0.717) is 27.7 Å². The summed E-state index contributed by atoms with van der Waals surface area (Å²) >= 11 is 6.14. The number of aryl methyl sites for hydroxylation is 3. The molecule has 0 atom stereocenters. The van der Waals surface area contributed by atoms with Crippen LogP contribution in [0.1, 0.15) is 50.2 Å². The standard InChI is InChI=1S/C19H21ClN2O3/c1-6-25-19(24)15-9-14(12(4)21-13(15)5)18(23)22-17-10(2)7-8-16(20)11(17)3/h7-9H,6H2,1-5H3,(H,22,23). The van der Waals surface area contributed by atoms with Crippen molar-refractivity contribution in [1.82, 2.24) is 4.98 Å². The highest BCUT2D eigenvalue weighted by molar-refractivity contribution is 6.32. The third-order valence-electron chi connectivity index (χ3n) is 3.99. The smallest absolute Gasteiger partial charge is 0.339 e. The van der Waals surface area contributed by atoms with Gasteiger partial charge >= 0.3 is 5.97 Å². The molecule has 0 aliphatic heterocycles. The fourth-order valence-corrected chi connectivity index (χ4v) is 2.72. The van der Waals surface area contributed by atoms with Crippen molar-refractivity contribution in [3.05, 3.63) is 56.9 Å². The van der Waals surface area contributed by atoms with Crippen molar-refractivity contribution >= 4 is 29.2 Å². The Morgan fingerprint density at radius 2 is 1.76 bits per heavy atom. The van der Waals surface area contributed by atoms with E-state index in [0.717, 1.165) is 11.1 Å². The molecule has 0 spiro atoms. The van der Waals surface area contributed by atoms with E-state index in [4.69, 9.17) is 16.3 Å². The van der Waals surface area contributed by atoms with E-state index in [1.165, 1.54) is 6.07 Å². The van der Waals surface area contributed by atoms with Crippen LogP contribution in [0.25, 0.3) is 0 Å². The average Bonchev–Trinajstić information content (AvgIpc) is 2.55. The predicted molar refractivity (Wildman–Crippen MR) is 98.5 cm³/mol. The number of hydrogen-bond donors (Lipinski definition) is 1. The van der Waals surface area contributed by atoms with Gasteiger partial charge in [-0.1, -0.05) is 17.7 Å². The van der Waals surface area contributed by atoms with E-state index < -0.39 is 5.97 Å². The van der Waals surface area contributed by atoms with Crippen molar-refractivity contribution in [1.29, 1.82) is 0 Å². The number of rotatable bonds is 4. The van der Waals surface area contributed by atoms with Gasteiger partial charge in [-0.15, -0.1) is 0 Å². The molecule has 0 fully saturated rings. The molecule has 6 heteroatoms. The molecule has 0 unspecified atom stereocenters. The first-order valence-corrected chi connectivity index (χ1v) is 8.36. The number of halogens is 1. The van der Waals surface area contributed by atoms with Gasteiger partial charge in [0.2, 0.25) is 0 Å². The van der Waals surface area contributed by atoms with Gasteiger partial charge in [-0.2, -0.15) is 0 Å². The van der Waals surface area contributed by atoms with Gasteiger partial charge in [0, 0.05) is 10.7 Å². The Balaban J connectivity index is 2.42. The number of benzene rings is 1. The molecule has 0 aliphatic rings. The maximum absolute atomic E-state index is 12.7. The maximum atomic E-state index is 12.7. The highest BCUT2D eigenvalue weighted by atomic mass is 35.5. The number of nitrogens with zero attached hydrogens (tertiary/aromatic N) is 1. The average molecular weight is 361 g/mol. The molecule has 0 radical (unpaired) electrons. The molecule has 1 heterocycles. The first-order valence-electron chi connectivity index (χ1n) is 7.98. The fourth-order valence-electron chi connectivity index (χ4n) is 2.57. The van der Waals surface area contributed by atoms with Gasteiger partial charge < -0.3 is 10.1 Å². The van der Waals surface area contributed by atoms with E-state index in [-0.39, 0.29) is 18.1 Å². The predicted octanol–water partition coefficient (Wildman–Crippen LogP) is 4.40. The maximum Gasteiger partial charge on any atom is 0.339 e. The molecule has 0 saturated carbocycles. The molecule has 2 aromatic rings. The normalized spacial score (nSPS) is 10.5. The molecular formula is C19H21ClN2O3. The molecule has 132 valence electrons. The minimum atomic E-state index is -0.489. The minimum Gasteiger partial charge on any atom is -0.462 e. The lowest BCUT2D eigenvalue weighted by Crippen LogP contribution is -2.18. The third kappa shape index (κ3) is 3.99. The summed E-state index contributed by atoms with van der Waals surface area (Å²) in [6.45, 7) is 9.17. The summed E-state index contributed by atoms with van der Waals surface area (Å²) in [4.78, 5) is 29.1. The SMILES string of the molecule is CCOC(=O)c1cc(C(=O)Nc2c(C)ccc(Cl)c2C)c(C)nc1C. The molecule has 2 rings (SSSR count). The van der Waals surface area contributed by atoms with Crippen LogP contribution in [0.2, 0.25) is 5.02 Å². The number of ether oxygens (including phenoxy) is 1. The van der Waals surface area contributed by atoms with Crippen LogP contribution in [-0.4, -0.2) is 23.5 Å². The van der Waals surface area contributed by atoms with Crippen LogP contribution in [0.5, 0.6) is 0 Å². The summed E-state index contributed by atoms with van der Waals surface area (Å²) in [5.74, 6) is -0.833. The van der Waals surface area contributed by atoms with Crippen LogP contribution in [0.3, 0.4) is 0 Å². The van der Waals surface area contributed by atoms with E-state index in [2.05, 4.69) is 10.3 Å². The van der Waals surface area contributed by atoms with Crippen LogP contribution in [0.15, 0.2) is 18.2 Å². The molecule has 25 heavy (non-hydrogen) atoms. The minimum absolute atomic E-state index is 0.259. The number of aromatic nitrogens is 1. The number of carbonyl (C=O) groups is 2. The third-order valence-corrected chi connectivity index (χ3v) is 4.40. The second kappa shape index (κ2) is 7.66. The van der Waals surface area contributed by atoms with Gasteiger partial charge in [0.05, 0.1) is 29.1 Å². The van der Waals surface area contributed by atoms with Crippen LogP contribution >= 0.6 is 11.6 Å². The quantitative estimate of drug-likeness (QED) is 0.820. The van der Waals surface area contributed by atoms with E-state index in [1.54, 1.807) is 26.8 Å². The second-order valence-corrected chi connectivity index (χ2v) is 6.20. The molecule has 1 amide bonds. The van der Waals surface area contributed by atoms with Gasteiger partial charge in [-0.25, -0.2) is 4.79 Å². The van der Waals surface area contributed by atoms with Gasteiger partial charge in [-0.3, -0.25) is 9.78 Å². The van der Waals surface area contributed by atoms with Crippen molar-refractivity contribution in [2.75, 3.05) is 11.9 Å². The lowest BCUT2D eigenvalue weighted by Gasteiger charge is -2.15. The summed E-state index contributed by atoms with van der Waals surface area (Å²) in [7, 11) is 0. The zero-order valence-electron chi connectivity index (χ0n) is 15.0. The van der Waals surface area contributed by atoms with Crippen molar-refractivity contribution < 1.29 is 14.3 Å². The number of carbonyl (C=O) groups excluding carboxylic acids is 2. The number of nitrogens with one attached hydrogen (secondary N) is 1. The molecule has 1 aromatic carbocycles. The van der Waals surface area contributed by atoms with Crippen molar-refractivity contribution in [3.8, 4) is 0 Å². The summed E-state index contributed by atoms with van der Waals surface area (Å²) in [6.07, 6.45) is 0. The number of pyridine rings is 1. The van der Waals surface area contributed by atoms with Crippen molar-refractivity contribution in [2.45, 2.75) is 34.6 Å². The molecule has 1 aromatic heterocycles. The molecule has 0 aliphatic carbocycles. The zero-order chi connectivity index (χ0) is 18.7. The van der Waals surface area contributed by atoms with Crippen LogP contribution in [0.4, 0.5) is 5.69 Å². The Labute approximate surface area is 152 Å². The molecule has 5 nitrogen and oxygen atoms in total. The molecule has 0 saturated heterocycles. The summed E-state index contributed by atoms with van der Waals surface area (Å²) in [5, 5.41) is 3.45. The zero-order valence-corrected chi connectivity index (χ0v) is 15.7. The van der Waals surface area contributed by atoms with E-state index in [1.807, 2.05) is 19.9 Å². The molecule has 0 bridgehead atoms. The van der Waals surface area contributed by atoms with Crippen molar-refractivity contribution in [3.63, 3.8) is 0 Å². The summed E-state index contributed by atoms with van der Waals surface area (Å²) < 4.78 is 5.03. The van der Waals surface area contributed by atoms with Gasteiger partial charge in [0.1, 0.15) is 0 Å². The topological polar surface area (TPSA) is 68.3 Å². The summed E-state index contributed by atoms with van der Waals surface area (Å²) in [5.41, 5.74) is 4.04. The first kappa shape index (κ1) is 18.9. The van der Waals surface area contributed by atoms with Gasteiger partial charge in [-0.05, 0) is 57.9 Å². The lowest BCUT2D eigenvalue weighted by atomic mass is 10.1. The second-order valence-electron chi connectivity index (χ2n) is 5.79. The highest BCUT2D eigenvalue weighted by Gasteiger charge is 2.19. The molecular weight excluding hydrogens is 340 g/mol. The Hall–Kier alpha value is -2.40. The number of anilines is 1. The highest BCUT2D eigenvalue weighted by Crippen LogP contribution is 2.27. The number of esters is 1. The fraction of sp³-hybridized carbons (Fsp3) is 0.316. The Kier molecular flexibility index (Phi) is 5.80. The van der Waals surface area contributed by atoms with Crippen molar-refractivity contribution in [2.24, 2.45) is 0 Å². The summed E-state index contributed by atoms with van der Waals surface area (Å²) in [6, 6.07) is 5.16. The monoisotopic (exact) mass is 360 g/mol. The first-order chi connectivity index (χ1) is 11.8. The van der Waals surface area contributed by atoms with Crippen LogP contribution in [-0.2, 0) is 4.74 Å². The van der Waals surface area contributed by atoms with Gasteiger partial charge in [0.15, 0.2) is 0 Å². The van der Waals surface area contributed by atoms with Gasteiger partial charge in [0.25, 0.3) is 5.91 Å². The van der Waals surface area contributed by atoms with Crippen LogP contribution in [0, 0.1) is 27.7 Å². The largest absolute Gasteiger partial charge is 0.462 e. The number of hydrogen-bond acceptors (Lipinski definition) is 4. The number of amides is 1. The van der Waals surface area contributed by atoms with E-state index in [9.17, 15) is 9.59 Å². The molecule has 1 N–H and O–H groups in total. The Bertz CT molecular complexity index is 847. The Morgan fingerprint density at radius 1 is 1.12 bits per heavy atom.